The van der Waals surface area contributed by atoms with Crippen LogP contribution < -0.4 is 10.3 Å². The maximum atomic E-state index is 14.4. The number of H-pyrrole nitrogens is 1. The lowest BCUT2D eigenvalue weighted by molar-refractivity contribution is -0.0214. The van der Waals surface area contributed by atoms with Crippen LogP contribution in [0.15, 0.2) is 23.0 Å². The molecule has 138 valence electrons. The Morgan fingerprint density at radius 1 is 1.28 bits per heavy atom. The summed E-state index contributed by atoms with van der Waals surface area (Å²) in [4.78, 5) is 18.5. The second kappa shape index (κ2) is 8.41. The first-order valence-electron chi connectivity index (χ1n) is 8.83. The van der Waals surface area contributed by atoms with Gasteiger partial charge < -0.3 is 9.72 Å². The number of benzene rings is 1. The summed E-state index contributed by atoms with van der Waals surface area (Å²) in [6, 6.07) is 4.76. The number of aromatic amines is 1. The molecule has 2 aromatic rings. The predicted octanol–water partition coefficient (Wildman–Crippen LogP) is 5.02. The van der Waals surface area contributed by atoms with Gasteiger partial charge in [0.25, 0.3) is 11.5 Å². The second-order valence-corrected chi connectivity index (χ2v) is 6.61. The Hall–Kier alpha value is -1.98. The smallest absolute Gasteiger partial charge is 0.295 e. The lowest BCUT2D eigenvalue weighted by Gasteiger charge is -2.16. The van der Waals surface area contributed by atoms with Crippen molar-refractivity contribution in [2.24, 2.45) is 5.92 Å². The third kappa shape index (κ3) is 5.00. The average Bonchev–Trinajstić information content (AvgIpc) is 2.59. The number of alkyl halides is 2. The van der Waals surface area contributed by atoms with E-state index >= 15 is 0 Å². The van der Waals surface area contributed by atoms with Crippen LogP contribution in [0.2, 0.25) is 0 Å². The van der Waals surface area contributed by atoms with Crippen LogP contribution in [0.5, 0.6) is 5.75 Å². The maximum absolute atomic E-state index is 14.4. The topological polar surface area (TPSA) is 55.0 Å². The van der Waals surface area contributed by atoms with Crippen LogP contribution in [0.25, 0.3) is 11.0 Å². The highest BCUT2D eigenvalue weighted by Crippen LogP contribution is 2.31. The number of unbranched alkanes of at least 4 members (excludes halogenated alkanes) is 2. The summed E-state index contributed by atoms with van der Waals surface area (Å²) in [7, 11) is 1.50. The molecule has 2 rings (SSSR count). The van der Waals surface area contributed by atoms with Crippen molar-refractivity contribution in [3.8, 4) is 5.75 Å². The highest BCUT2D eigenvalue weighted by atomic mass is 19.3. The lowest BCUT2D eigenvalue weighted by Crippen LogP contribution is -2.27. The molecule has 0 saturated carbocycles. The first-order chi connectivity index (χ1) is 11.9. The number of aromatic nitrogens is 2. The van der Waals surface area contributed by atoms with Crippen molar-refractivity contribution in [1.82, 2.24) is 9.97 Å². The van der Waals surface area contributed by atoms with E-state index in [-0.39, 0.29) is 6.42 Å². The molecule has 1 aromatic heterocycles. The van der Waals surface area contributed by atoms with Gasteiger partial charge in [-0.1, -0.05) is 39.5 Å². The maximum Gasteiger partial charge on any atom is 0.295 e. The van der Waals surface area contributed by atoms with Crippen molar-refractivity contribution in [1.29, 1.82) is 0 Å². The largest absolute Gasteiger partial charge is 0.497 e. The zero-order valence-corrected chi connectivity index (χ0v) is 15.1. The molecule has 4 nitrogen and oxygen atoms in total. The van der Waals surface area contributed by atoms with E-state index < -0.39 is 17.2 Å². The molecular formula is C19H26F2N2O2. The first-order valence-corrected chi connectivity index (χ1v) is 8.83. The van der Waals surface area contributed by atoms with Crippen LogP contribution in [0.1, 0.15) is 58.1 Å². The number of fused-ring (bicyclic) bond motifs is 1. The van der Waals surface area contributed by atoms with Gasteiger partial charge in [-0.2, -0.15) is 8.78 Å². The molecule has 1 heterocycles. The normalized spacial score (nSPS) is 13.2. The van der Waals surface area contributed by atoms with Crippen molar-refractivity contribution < 1.29 is 13.5 Å². The van der Waals surface area contributed by atoms with Crippen LogP contribution in [-0.2, 0) is 5.92 Å². The molecule has 0 aliphatic heterocycles. The molecule has 1 aromatic carbocycles. The first kappa shape index (κ1) is 19.3. The minimum atomic E-state index is -3.22. The highest BCUT2D eigenvalue weighted by molar-refractivity contribution is 5.75. The molecule has 0 radical (unpaired) electrons. The predicted molar refractivity (Wildman–Crippen MR) is 95.3 cm³/mol. The number of halogens is 2. The number of hydrogen-bond donors (Lipinski definition) is 1. The van der Waals surface area contributed by atoms with Crippen molar-refractivity contribution in [2.45, 2.75) is 58.3 Å². The molecule has 0 amide bonds. The van der Waals surface area contributed by atoms with Gasteiger partial charge in [0.1, 0.15) is 5.75 Å². The van der Waals surface area contributed by atoms with Gasteiger partial charge in [-0.05, 0) is 24.5 Å². The Bertz CT molecular complexity index is 759. The van der Waals surface area contributed by atoms with Gasteiger partial charge in [-0.25, -0.2) is 4.98 Å². The van der Waals surface area contributed by atoms with Gasteiger partial charge in [0, 0.05) is 12.5 Å². The fourth-order valence-electron chi connectivity index (χ4n) is 2.78. The zero-order valence-electron chi connectivity index (χ0n) is 15.1. The van der Waals surface area contributed by atoms with Crippen molar-refractivity contribution in [3.05, 3.63) is 34.2 Å². The molecule has 0 saturated heterocycles. The van der Waals surface area contributed by atoms with Crippen molar-refractivity contribution >= 4 is 11.0 Å². The van der Waals surface area contributed by atoms with Crippen LogP contribution in [-0.4, -0.2) is 17.1 Å². The molecule has 0 spiro atoms. The summed E-state index contributed by atoms with van der Waals surface area (Å²) in [6.45, 7) is 4.30. The minimum absolute atomic E-state index is 0.326. The van der Waals surface area contributed by atoms with Gasteiger partial charge >= 0.3 is 0 Å². The van der Waals surface area contributed by atoms with Gasteiger partial charge in [-0.3, -0.25) is 4.79 Å². The number of hydrogen-bond acceptors (Lipinski definition) is 3. The molecule has 1 atom stereocenters. The molecule has 0 aliphatic rings. The Morgan fingerprint density at radius 3 is 2.72 bits per heavy atom. The van der Waals surface area contributed by atoms with Crippen molar-refractivity contribution in [2.75, 3.05) is 7.11 Å². The van der Waals surface area contributed by atoms with E-state index in [4.69, 9.17) is 4.74 Å². The summed E-state index contributed by atoms with van der Waals surface area (Å²) >= 11 is 0. The fourth-order valence-corrected chi connectivity index (χ4v) is 2.78. The van der Waals surface area contributed by atoms with E-state index in [9.17, 15) is 13.6 Å². The molecular weight excluding hydrogens is 326 g/mol. The van der Waals surface area contributed by atoms with Gasteiger partial charge in [0.15, 0.2) is 5.69 Å². The molecule has 1 N–H and O–H groups in total. The number of nitrogens with zero attached hydrogens (tertiary/aromatic N) is 1. The summed E-state index contributed by atoms with van der Waals surface area (Å²) < 4.78 is 33.9. The summed E-state index contributed by atoms with van der Waals surface area (Å²) in [5, 5.41) is 0. The standard InChI is InChI=1S/C19H26F2N2O2/c1-4-13(2)8-6-5-7-11-19(20,21)17-18(24)23-16-12-14(25-3)9-10-15(16)22-17/h9-10,12-13H,4-8,11H2,1-3H3,(H,23,24). The summed E-state index contributed by atoms with van der Waals surface area (Å²) in [6.07, 6.45) is 3.86. The Morgan fingerprint density at radius 2 is 2.04 bits per heavy atom. The Labute approximate surface area is 146 Å². The molecule has 0 bridgehead atoms. The third-order valence-corrected chi connectivity index (χ3v) is 4.63. The molecule has 0 aliphatic carbocycles. The van der Waals surface area contributed by atoms with Crippen LogP contribution >= 0.6 is 0 Å². The van der Waals surface area contributed by atoms with E-state index in [0.717, 1.165) is 25.7 Å². The average molecular weight is 352 g/mol. The fraction of sp³-hybridized carbons (Fsp3) is 0.579. The summed E-state index contributed by atoms with van der Waals surface area (Å²) in [5.41, 5.74) is -0.832. The van der Waals surface area contributed by atoms with Crippen molar-refractivity contribution in [3.63, 3.8) is 0 Å². The highest BCUT2D eigenvalue weighted by Gasteiger charge is 2.35. The molecule has 1 unspecified atom stereocenters. The van der Waals surface area contributed by atoms with Gasteiger partial charge in [0.05, 0.1) is 18.1 Å². The van der Waals surface area contributed by atoms with Crippen LogP contribution in [0.3, 0.4) is 0 Å². The van der Waals surface area contributed by atoms with Crippen LogP contribution in [0.4, 0.5) is 8.78 Å². The minimum Gasteiger partial charge on any atom is -0.497 e. The van der Waals surface area contributed by atoms with Gasteiger partial charge in [0.2, 0.25) is 0 Å². The number of ether oxygens (including phenoxy) is 1. The zero-order chi connectivity index (χ0) is 18.4. The van der Waals surface area contributed by atoms with E-state index in [1.165, 1.54) is 7.11 Å². The second-order valence-electron chi connectivity index (χ2n) is 6.61. The van der Waals surface area contributed by atoms with E-state index in [1.54, 1.807) is 18.2 Å². The van der Waals surface area contributed by atoms with E-state index in [1.807, 2.05) is 0 Å². The molecule has 0 fully saturated rings. The van der Waals surface area contributed by atoms with E-state index in [2.05, 4.69) is 23.8 Å². The van der Waals surface area contributed by atoms with Gasteiger partial charge in [-0.15, -0.1) is 0 Å². The SMILES string of the molecule is CCC(C)CCCCCC(F)(F)c1nc2ccc(OC)cc2[nH]c1=O. The quantitative estimate of drug-likeness (QED) is 0.645. The number of nitrogens with one attached hydrogen (secondary N) is 1. The Balaban J connectivity index is 2.07. The van der Waals surface area contributed by atoms with E-state index in [0.29, 0.717) is 29.1 Å². The number of rotatable bonds is 9. The monoisotopic (exact) mass is 352 g/mol. The number of methoxy groups -OCH3 is 1. The Kier molecular flexibility index (Phi) is 6.51. The molecule has 6 heteroatoms. The van der Waals surface area contributed by atoms with Crippen LogP contribution in [0, 0.1) is 5.92 Å². The summed E-state index contributed by atoms with van der Waals surface area (Å²) in [5.74, 6) is -2.06. The molecule has 25 heavy (non-hydrogen) atoms. The third-order valence-electron chi connectivity index (χ3n) is 4.63. The lowest BCUT2D eigenvalue weighted by atomic mass is 9.99.